The van der Waals surface area contributed by atoms with Gasteiger partial charge in [-0.15, -0.1) is 0 Å². The predicted molar refractivity (Wildman–Crippen MR) is 83.5 cm³/mol. The highest BCUT2D eigenvalue weighted by Gasteiger charge is 2.26. The largest absolute Gasteiger partial charge is 0.382 e. The van der Waals surface area contributed by atoms with E-state index in [1.54, 1.807) is 0 Å². The average molecular weight is 315 g/mol. The maximum absolute atomic E-state index is 11.5. The lowest BCUT2D eigenvalue weighted by atomic mass is 10.1. The highest BCUT2D eigenvalue weighted by Crippen LogP contribution is 2.27. The number of aromatic nitrogens is 2. The number of rotatable bonds is 7. The molecule has 0 aliphatic carbocycles. The Balaban J connectivity index is 1.94. The van der Waals surface area contributed by atoms with Gasteiger partial charge in [0.05, 0.1) is 17.2 Å². The molecule has 120 valence electrons. The lowest BCUT2D eigenvalue weighted by Crippen LogP contribution is -2.26. The number of ether oxygens (including phenoxy) is 1. The zero-order chi connectivity index (χ0) is 15.3. The van der Waals surface area contributed by atoms with Crippen LogP contribution in [-0.4, -0.2) is 49.2 Å². The van der Waals surface area contributed by atoms with Crippen molar-refractivity contribution in [3.05, 3.63) is 11.9 Å². The van der Waals surface area contributed by atoms with E-state index in [1.165, 1.54) is 0 Å². The number of sulfone groups is 1. The topological polar surface area (TPSA) is 73.2 Å². The van der Waals surface area contributed by atoms with Gasteiger partial charge in [-0.3, -0.25) is 0 Å². The molecule has 1 saturated heterocycles. The Hall–Kier alpha value is -1.08. The maximum Gasteiger partial charge on any atom is 0.203 e. The van der Waals surface area contributed by atoms with E-state index in [1.807, 2.05) is 20.0 Å². The van der Waals surface area contributed by atoms with Gasteiger partial charge in [-0.05, 0) is 33.1 Å². The smallest absolute Gasteiger partial charge is 0.203 e. The van der Waals surface area contributed by atoms with Crippen molar-refractivity contribution in [3.8, 4) is 0 Å². The molecule has 0 aromatic carbocycles. The lowest BCUT2D eigenvalue weighted by molar-refractivity contribution is 0.147. The predicted octanol–water partition coefficient (Wildman–Crippen LogP) is 1.78. The summed E-state index contributed by atoms with van der Waals surface area (Å²) in [6.07, 6.45) is 4.28. The van der Waals surface area contributed by atoms with E-state index in [-0.39, 0.29) is 17.5 Å². The fourth-order valence-corrected chi connectivity index (χ4v) is 4.07. The Bertz CT molecular complexity index is 540. The molecular formula is C14H25N3O3S. The van der Waals surface area contributed by atoms with Crippen molar-refractivity contribution >= 4 is 15.8 Å². The molecular weight excluding hydrogens is 290 g/mol. The zero-order valence-corrected chi connectivity index (χ0v) is 13.7. The monoisotopic (exact) mass is 315 g/mol. The fraction of sp³-hybridized carbons (Fsp3) is 0.786. The van der Waals surface area contributed by atoms with Crippen LogP contribution in [0, 0.1) is 6.92 Å². The van der Waals surface area contributed by atoms with E-state index in [0.29, 0.717) is 12.8 Å². The van der Waals surface area contributed by atoms with Crippen molar-refractivity contribution in [2.24, 2.45) is 0 Å². The summed E-state index contributed by atoms with van der Waals surface area (Å²) in [6, 6.07) is 0.226. The summed E-state index contributed by atoms with van der Waals surface area (Å²) >= 11 is 0. The molecule has 1 aliphatic heterocycles. The van der Waals surface area contributed by atoms with Crippen molar-refractivity contribution in [2.45, 2.75) is 39.2 Å². The third-order valence-electron chi connectivity index (χ3n) is 3.72. The van der Waals surface area contributed by atoms with Crippen molar-refractivity contribution in [2.75, 3.05) is 36.6 Å². The van der Waals surface area contributed by atoms with E-state index in [0.717, 1.165) is 37.8 Å². The van der Waals surface area contributed by atoms with Crippen molar-refractivity contribution in [1.29, 1.82) is 0 Å². The first-order valence-electron chi connectivity index (χ1n) is 7.59. The second-order valence-corrected chi connectivity index (χ2v) is 7.78. The van der Waals surface area contributed by atoms with Crippen LogP contribution in [-0.2, 0) is 14.6 Å². The molecule has 21 heavy (non-hydrogen) atoms. The minimum absolute atomic E-state index is 0.226. The van der Waals surface area contributed by atoms with Gasteiger partial charge in [0.1, 0.15) is 9.84 Å². The molecule has 6 nitrogen and oxygen atoms in total. The van der Waals surface area contributed by atoms with Crippen LogP contribution in [0.2, 0.25) is 0 Å². The van der Waals surface area contributed by atoms with Crippen LogP contribution in [0.3, 0.4) is 0 Å². The SMILES string of the molecule is CCOCCCNc1nc(C)cn1C1CCS(=O)(=O)CC1. The Morgan fingerprint density at radius 3 is 2.81 bits per heavy atom. The molecule has 0 radical (unpaired) electrons. The summed E-state index contributed by atoms with van der Waals surface area (Å²) in [5, 5.41) is 3.33. The summed E-state index contributed by atoms with van der Waals surface area (Å²) in [4.78, 5) is 4.50. The van der Waals surface area contributed by atoms with Crippen LogP contribution in [0.15, 0.2) is 6.20 Å². The van der Waals surface area contributed by atoms with Gasteiger partial charge in [0.25, 0.3) is 0 Å². The van der Waals surface area contributed by atoms with E-state index in [2.05, 4.69) is 14.9 Å². The second-order valence-electron chi connectivity index (χ2n) is 5.47. The Labute approximate surface area is 126 Å². The molecule has 1 fully saturated rings. The van der Waals surface area contributed by atoms with Crippen LogP contribution >= 0.6 is 0 Å². The molecule has 2 rings (SSSR count). The van der Waals surface area contributed by atoms with Crippen molar-refractivity contribution in [3.63, 3.8) is 0 Å². The third kappa shape index (κ3) is 4.71. The summed E-state index contributed by atoms with van der Waals surface area (Å²) in [5.41, 5.74) is 0.954. The van der Waals surface area contributed by atoms with E-state index in [9.17, 15) is 8.42 Å². The molecule has 0 unspecified atom stereocenters. The summed E-state index contributed by atoms with van der Waals surface area (Å²) in [6.45, 7) is 6.23. The number of nitrogens with zero attached hydrogens (tertiary/aromatic N) is 2. The standard InChI is InChI=1S/C14H25N3O3S/c1-3-20-8-4-7-15-14-16-12(2)11-17(14)13-5-9-21(18,19)10-6-13/h11,13H,3-10H2,1-2H3,(H,15,16). The molecule has 1 N–H and O–H groups in total. The molecule has 1 aromatic heterocycles. The van der Waals surface area contributed by atoms with Gasteiger partial charge in [0.2, 0.25) is 5.95 Å². The lowest BCUT2D eigenvalue weighted by Gasteiger charge is -2.25. The van der Waals surface area contributed by atoms with Gasteiger partial charge in [0.15, 0.2) is 0 Å². The average Bonchev–Trinajstić information content (AvgIpc) is 2.80. The molecule has 1 aliphatic rings. The van der Waals surface area contributed by atoms with Crippen molar-refractivity contribution in [1.82, 2.24) is 9.55 Å². The molecule has 0 amide bonds. The zero-order valence-electron chi connectivity index (χ0n) is 12.8. The number of imidazole rings is 1. The quantitative estimate of drug-likeness (QED) is 0.777. The Morgan fingerprint density at radius 1 is 1.43 bits per heavy atom. The maximum atomic E-state index is 11.5. The van der Waals surface area contributed by atoms with E-state index >= 15 is 0 Å². The van der Waals surface area contributed by atoms with Crippen LogP contribution in [0.25, 0.3) is 0 Å². The molecule has 0 atom stereocenters. The van der Waals surface area contributed by atoms with E-state index < -0.39 is 9.84 Å². The summed E-state index contributed by atoms with van der Waals surface area (Å²) in [5.74, 6) is 1.39. The minimum atomic E-state index is -2.83. The molecule has 0 spiro atoms. The van der Waals surface area contributed by atoms with Crippen LogP contribution in [0.4, 0.5) is 5.95 Å². The van der Waals surface area contributed by atoms with Crippen molar-refractivity contribution < 1.29 is 13.2 Å². The number of anilines is 1. The van der Waals surface area contributed by atoms with Crippen LogP contribution in [0.5, 0.6) is 0 Å². The fourth-order valence-electron chi connectivity index (χ4n) is 2.60. The molecule has 7 heteroatoms. The molecule has 0 saturated carbocycles. The second kappa shape index (κ2) is 7.26. The number of hydrogen-bond acceptors (Lipinski definition) is 5. The highest BCUT2D eigenvalue weighted by molar-refractivity contribution is 7.91. The number of hydrogen-bond donors (Lipinski definition) is 1. The minimum Gasteiger partial charge on any atom is -0.382 e. The van der Waals surface area contributed by atoms with E-state index in [4.69, 9.17) is 4.74 Å². The Morgan fingerprint density at radius 2 is 2.14 bits per heavy atom. The molecule has 0 bridgehead atoms. The number of aryl methyl sites for hydroxylation is 1. The van der Waals surface area contributed by atoms with Gasteiger partial charge in [-0.25, -0.2) is 13.4 Å². The van der Waals surface area contributed by atoms with Crippen LogP contribution in [0.1, 0.15) is 37.9 Å². The van der Waals surface area contributed by atoms with Gasteiger partial charge < -0.3 is 14.6 Å². The first-order chi connectivity index (χ1) is 10.0. The third-order valence-corrected chi connectivity index (χ3v) is 5.44. The highest BCUT2D eigenvalue weighted by atomic mass is 32.2. The first kappa shape index (κ1) is 16.3. The summed E-state index contributed by atoms with van der Waals surface area (Å²) < 4.78 is 30.5. The van der Waals surface area contributed by atoms with Gasteiger partial charge in [0, 0.05) is 32.0 Å². The van der Waals surface area contributed by atoms with Gasteiger partial charge >= 0.3 is 0 Å². The van der Waals surface area contributed by atoms with Gasteiger partial charge in [-0.1, -0.05) is 0 Å². The Kier molecular flexibility index (Phi) is 5.64. The molecule has 2 heterocycles. The first-order valence-corrected chi connectivity index (χ1v) is 9.41. The number of nitrogens with one attached hydrogen (secondary N) is 1. The van der Waals surface area contributed by atoms with Crippen LogP contribution < -0.4 is 5.32 Å². The summed E-state index contributed by atoms with van der Waals surface area (Å²) in [7, 11) is -2.83. The normalized spacial score (nSPS) is 18.8. The van der Waals surface area contributed by atoms with Gasteiger partial charge in [-0.2, -0.15) is 0 Å². The molecule has 1 aromatic rings.